The zero-order chi connectivity index (χ0) is 29.6. The van der Waals surface area contributed by atoms with Crippen molar-refractivity contribution >= 4 is 34.4 Å². The minimum atomic E-state index is -1.19. The highest BCUT2D eigenvalue weighted by Crippen LogP contribution is 2.64. The van der Waals surface area contributed by atoms with Crippen LogP contribution in [0.4, 0.5) is 5.69 Å². The van der Waals surface area contributed by atoms with Gasteiger partial charge in [0.15, 0.2) is 0 Å². The largest absolute Gasteiger partial charge is 0.394 e. The van der Waals surface area contributed by atoms with E-state index in [1.807, 2.05) is 63.2 Å². The van der Waals surface area contributed by atoms with Gasteiger partial charge in [-0.25, -0.2) is 4.68 Å². The van der Waals surface area contributed by atoms with E-state index in [4.69, 9.17) is 4.74 Å². The van der Waals surface area contributed by atoms with Gasteiger partial charge in [-0.15, -0.1) is 5.10 Å². The molecule has 4 heterocycles. The lowest BCUT2D eigenvalue weighted by molar-refractivity contribution is -0.150. The predicted molar refractivity (Wildman–Crippen MR) is 155 cm³/mol. The molecule has 1 spiro atoms. The first kappa shape index (κ1) is 28.3. The number of nitrogens with one attached hydrogen (secondary N) is 2. The molecule has 3 aliphatic heterocycles. The second-order valence-corrected chi connectivity index (χ2v) is 12.2. The number of rotatable bonds is 10. The monoisotopic (exact) mass is 574 g/mol. The fourth-order valence-corrected chi connectivity index (χ4v) is 7.59. The number of aliphatic hydroxyl groups is 1. The average Bonchev–Trinajstić information content (AvgIpc) is 3.72. The molecule has 0 radical (unpaired) electrons. The highest BCUT2D eigenvalue weighted by Gasteiger charge is 2.79. The third-order valence-corrected chi connectivity index (χ3v) is 9.36. The fraction of sp³-hybridized carbons (Fsp3) is 0.516. The van der Waals surface area contributed by atoms with Crippen LogP contribution >= 0.6 is 0 Å². The number of aromatic nitrogens is 3. The summed E-state index contributed by atoms with van der Waals surface area (Å²) in [5.41, 5.74) is 0.0519. The van der Waals surface area contributed by atoms with E-state index in [1.54, 1.807) is 16.8 Å². The number of carbonyl (C=O) groups excluding carboxylic acids is 3. The van der Waals surface area contributed by atoms with Gasteiger partial charge in [-0.05, 0) is 55.9 Å². The van der Waals surface area contributed by atoms with Crippen LogP contribution in [0.3, 0.4) is 0 Å². The van der Waals surface area contributed by atoms with Crippen molar-refractivity contribution < 1.29 is 24.2 Å². The zero-order valence-corrected chi connectivity index (χ0v) is 24.2. The molecule has 2 unspecified atom stereocenters. The van der Waals surface area contributed by atoms with Crippen molar-refractivity contribution in [1.29, 1.82) is 0 Å². The van der Waals surface area contributed by atoms with Crippen molar-refractivity contribution in [3.8, 4) is 0 Å². The van der Waals surface area contributed by atoms with Crippen LogP contribution in [-0.2, 0) is 25.8 Å². The van der Waals surface area contributed by atoms with Crippen molar-refractivity contribution in [3.63, 3.8) is 0 Å². The van der Waals surface area contributed by atoms with E-state index in [-0.39, 0.29) is 31.0 Å². The first-order chi connectivity index (χ1) is 20.2. The van der Waals surface area contributed by atoms with Gasteiger partial charge in [-0.1, -0.05) is 56.3 Å². The van der Waals surface area contributed by atoms with E-state index in [0.717, 1.165) is 5.52 Å². The van der Waals surface area contributed by atoms with Gasteiger partial charge in [-0.3, -0.25) is 14.4 Å². The average molecular weight is 575 g/mol. The van der Waals surface area contributed by atoms with E-state index in [9.17, 15) is 19.5 Å². The summed E-state index contributed by atoms with van der Waals surface area (Å²) in [5, 5.41) is 24.8. The molecule has 3 fully saturated rings. The SMILES string of the molecule is CC[C@@]12CCC3(O1)C(C(=O)NCn1nnc4ccccc41)N([C@@H](CO)CC(C)C)C(=O)[C@@H]3[C@@H]2C(=O)Nc1ccccc1. The van der Waals surface area contributed by atoms with E-state index < -0.39 is 41.0 Å². The number of carbonyl (C=O) groups is 3. The molecule has 2 aromatic carbocycles. The number of ether oxygens (including phenoxy) is 1. The second-order valence-electron chi connectivity index (χ2n) is 12.2. The first-order valence-corrected chi connectivity index (χ1v) is 14.8. The molecule has 3 saturated heterocycles. The van der Waals surface area contributed by atoms with Crippen molar-refractivity contribution in [3.05, 3.63) is 54.6 Å². The third-order valence-electron chi connectivity index (χ3n) is 9.36. The number of para-hydroxylation sites is 2. The maximum atomic E-state index is 14.4. The van der Waals surface area contributed by atoms with E-state index in [0.29, 0.717) is 36.9 Å². The Hall–Kier alpha value is -3.83. The van der Waals surface area contributed by atoms with Crippen LogP contribution in [0.15, 0.2) is 54.6 Å². The van der Waals surface area contributed by atoms with Crippen LogP contribution in [0.1, 0.15) is 46.5 Å². The molecule has 222 valence electrons. The summed E-state index contributed by atoms with van der Waals surface area (Å²) in [7, 11) is 0. The maximum absolute atomic E-state index is 14.4. The lowest BCUT2D eigenvalue weighted by Crippen LogP contribution is -2.58. The summed E-state index contributed by atoms with van der Waals surface area (Å²) in [5.74, 6) is -2.47. The van der Waals surface area contributed by atoms with Crippen molar-refractivity contribution in [2.24, 2.45) is 17.8 Å². The number of anilines is 1. The van der Waals surface area contributed by atoms with Gasteiger partial charge in [-0.2, -0.15) is 0 Å². The van der Waals surface area contributed by atoms with Crippen molar-refractivity contribution in [2.45, 2.75) is 76.4 Å². The zero-order valence-electron chi connectivity index (χ0n) is 24.2. The molecule has 2 bridgehead atoms. The van der Waals surface area contributed by atoms with Gasteiger partial charge >= 0.3 is 0 Å². The molecular weight excluding hydrogens is 536 g/mol. The molecular formula is C31H38N6O5. The second kappa shape index (κ2) is 10.8. The Morgan fingerprint density at radius 3 is 2.55 bits per heavy atom. The lowest BCUT2D eigenvalue weighted by Gasteiger charge is -2.37. The molecule has 0 saturated carbocycles. The van der Waals surface area contributed by atoms with Gasteiger partial charge in [0.2, 0.25) is 17.7 Å². The van der Waals surface area contributed by atoms with Gasteiger partial charge < -0.3 is 25.4 Å². The molecule has 6 atom stereocenters. The Kier molecular flexibility index (Phi) is 7.26. The molecule has 11 heteroatoms. The predicted octanol–water partition coefficient (Wildman–Crippen LogP) is 2.71. The van der Waals surface area contributed by atoms with E-state index in [2.05, 4.69) is 20.9 Å². The van der Waals surface area contributed by atoms with Gasteiger partial charge in [0.1, 0.15) is 23.8 Å². The Morgan fingerprint density at radius 2 is 1.83 bits per heavy atom. The highest BCUT2D eigenvalue weighted by atomic mass is 16.5. The number of nitrogens with zero attached hydrogens (tertiary/aromatic N) is 4. The van der Waals surface area contributed by atoms with Crippen LogP contribution in [0.2, 0.25) is 0 Å². The summed E-state index contributed by atoms with van der Waals surface area (Å²) in [4.78, 5) is 44.1. The number of hydrogen-bond donors (Lipinski definition) is 3. The normalized spacial score (nSPS) is 28.8. The minimum Gasteiger partial charge on any atom is -0.394 e. The van der Waals surface area contributed by atoms with Gasteiger partial charge in [0, 0.05) is 5.69 Å². The summed E-state index contributed by atoms with van der Waals surface area (Å²) >= 11 is 0. The molecule has 3 N–H and O–H groups in total. The van der Waals surface area contributed by atoms with Crippen LogP contribution in [0.5, 0.6) is 0 Å². The van der Waals surface area contributed by atoms with Crippen LogP contribution in [-0.4, -0.2) is 72.6 Å². The first-order valence-electron chi connectivity index (χ1n) is 14.8. The van der Waals surface area contributed by atoms with Crippen LogP contribution in [0.25, 0.3) is 11.0 Å². The number of aliphatic hydroxyl groups excluding tert-OH is 1. The Balaban J connectivity index is 1.36. The molecule has 42 heavy (non-hydrogen) atoms. The molecule has 3 amide bonds. The van der Waals surface area contributed by atoms with Crippen molar-refractivity contribution in [2.75, 3.05) is 11.9 Å². The van der Waals surface area contributed by atoms with E-state index in [1.165, 1.54) is 4.90 Å². The number of benzene rings is 2. The molecule has 1 aromatic heterocycles. The quantitative estimate of drug-likeness (QED) is 0.338. The smallest absolute Gasteiger partial charge is 0.247 e. The fourth-order valence-electron chi connectivity index (χ4n) is 7.59. The third kappa shape index (κ3) is 4.37. The van der Waals surface area contributed by atoms with Gasteiger partial charge in [0.25, 0.3) is 0 Å². The standard InChI is InChI=1S/C31H38N6O5/c1-4-30-14-15-31(42-30)25(24(30)27(39)33-20-10-6-5-7-11-20)29(41)37(21(17-38)16-19(2)3)26(31)28(40)32-18-36-23-13-9-8-12-22(23)34-35-36/h5-13,19,21,24-26,38H,4,14-18H2,1-3H3,(H,32,40)(H,33,39)/t21-,24-,25+,26?,30+,31?/m1/s1. The molecule has 6 rings (SSSR count). The summed E-state index contributed by atoms with van der Waals surface area (Å²) in [6, 6.07) is 15.0. The Bertz CT molecular complexity index is 1490. The lowest BCUT2D eigenvalue weighted by atomic mass is 9.65. The minimum absolute atomic E-state index is 0.0451. The highest BCUT2D eigenvalue weighted by molar-refractivity contribution is 6.02. The molecule has 3 aromatic rings. The summed E-state index contributed by atoms with van der Waals surface area (Å²) < 4.78 is 8.43. The van der Waals surface area contributed by atoms with E-state index >= 15 is 0 Å². The summed E-state index contributed by atoms with van der Waals surface area (Å²) in [6.45, 7) is 5.73. The van der Waals surface area contributed by atoms with Crippen molar-refractivity contribution in [1.82, 2.24) is 25.2 Å². The van der Waals surface area contributed by atoms with Crippen LogP contribution < -0.4 is 10.6 Å². The topological polar surface area (TPSA) is 139 Å². The summed E-state index contributed by atoms with van der Waals surface area (Å²) in [6.07, 6.45) is 2.05. The Labute approximate surface area is 244 Å². The number of amides is 3. The number of hydrogen-bond acceptors (Lipinski definition) is 7. The van der Waals surface area contributed by atoms with Gasteiger partial charge in [0.05, 0.1) is 35.6 Å². The Morgan fingerprint density at radius 1 is 1.10 bits per heavy atom. The van der Waals surface area contributed by atoms with Crippen LogP contribution in [0, 0.1) is 17.8 Å². The maximum Gasteiger partial charge on any atom is 0.247 e. The molecule has 0 aliphatic carbocycles. The number of likely N-dealkylation sites (tertiary alicyclic amines) is 1. The molecule has 11 nitrogen and oxygen atoms in total. The molecule has 3 aliphatic rings. The number of fused-ring (bicyclic) bond motifs is 2.